The number of amides is 1. The summed E-state index contributed by atoms with van der Waals surface area (Å²) in [6, 6.07) is 16.3. The molecule has 0 saturated heterocycles. The SMILES string of the molecule is Cc1nc(-c2ccc(NC(C)C(=O)Nc3ccc(C#N)cc3)cc2)cs1. The molecule has 130 valence electrons. The zero-order chi connectivity index (χ0) is 18.5. The first-order valence-corrected chi connectivity index (χ1v) is 9.03. The number of aryl methyl sites for hydroxylation is 1. The number of anilines is 2. The van der Waals surface area contributed by atoms with Gasteiger partial charge in [0.25, 0.3) is 0 Å². The number of rotatable bonds is 5. The van der Waals surface area contributed by atoms with Crippen LogP contribution in [-0.4, -0.2) is 16.9 Å². The van der Waals surface area contributed by atoms with E-state index in [-0.39, 0.29) is 5.91 Å². The number of hydrogen-bond acceptors (Lipinski definition) is 5. The molecule has 0 spiro atoms. The molecule has 1 unspecified atom stereocenters. The summed E-state index contributed by atoms with van der Waals surface area (Å²) < 4.78 is 0. The van der Waals surface area contributed by atoms with Gasteiger partial charge in [0.2, 0.25) is 5.91 Å². The van der Waals surface area contributed by atoms with E-state index in [1.807, 2.05) is 36.6 Å². The summed E-state index contributed by atoms with van der Waals surface area (Å²) in [5.74, 6) is -0.145. The van der Waals surface area contributed by atoms with Crippen LogP contribution in [0.2, 0.25) is 0 Å². The summed E-state index contributed by atoms with van der Waals surface area (Å²) in [5, 5.41) is 17.9. The Hall–Kier alpha value is -3.17. The first-order chi connectivity index (χ1) is 12.5. The number of nitrogens with one attached hydrogen (secondary N) is 2. The van der Waals surface area contributed by atoms with Crippen LogP contribution in [0.3, 0.4) is 0 Å². The van der Waals surface area contributed by atoms with Crippen molar-refractivity contribution in [1.82, 2.24) is 4.98 Å². The Morgan fingerprint density at radius 2 is 1.77 bits per heavy atom. The van der Waals surface area contributed by atoms with Gasteiger partial charge in [0.05, 0.1) is 22.3 Å². The van der Waals surface area contributed by atoms with Gasteiger partial charge in [0, 0.05) is 22.3 Å². The van der Waals surface area contributed by atoms with Gasteiger partial charge >= 0.3 is 0 Å². The summed E-state index contributed by atoms with van der Waals surface area (Å²) in [6.45, 7) is 3.79. The molecule has 0 bridgehead atoms. The lowest BCUT2D eigenvalue weighted by Crippen LogP contribution is -2.31. The Bertz CT molecular complexity index is 939. The molecule has 5 nitrogen and oxygen atoms in total. The van der Waals surface area contributed by atoms with Crippen molar-refractivity contribution in [2.45, 2.75) is 19.9 Å². The number of hydrogen-bond donors (Lipinski definition) is 2. The minimum absolute atomic E-state index is 0.145. The molecular formula is C20H18N4OS. The molecule has 2 aromatic carbocycles. The molecule has 1 heterocycles. The molecule has 26 heavy (non-hydrogen) atoms. The zero-order valence-electron chi connectivity index (χ0n) is 14.5. The van der Waals surface area contributed by atoms with Crippen LogP contribution < -0.4 is 10.6 Å². The standard InChI is InChI=1S/C20H18N4OS/c1-13(20(25)24-18-7-3-15(11-21)4-8-18)22-17-9-5-16(6-10-17)19-12-26-14(2)23-19/h3-10,12-13,22H,1-2H3,(H,24,25). The van der Waals surface area contributed by atoms with Gasteiger partial charge in [0.15, 0.2) is 0 Å². The number of aromatic nitrogens is 1. The maximum atomic E-state index is 12.3. The lowest BCUT2D eigenvalue weighted by Gasteiger charge is -2.15. The number of thiazole rings is 1. The van der Waals surface area contributed by atoms with Crippen LogP contribution >= 0.6 is 11.3 Å². The Morgan fingerprint density at radius 1 is 1.12 bits per heavy atom. The Morgan fingerprint density at radius 3 is 2.35 bits per heavy atom. The number of nitriles is 1. The van der Waals surface area contributed by atoms with Crippen molar-refractivity contribution < 1.29 is 4.79 Å². The second-order valence-electron chi connectivity index (χ2n) is 5.87. The molecular weight excluding hydrogens is 344 g/mol. The molecule has 0 aliphatic heterocycles. The van der Waals surface area contributed by atoms with Gasteiger partial charge in [0.1, 0.15) is 6.04 Å². The van der Waals surface area contributed by atoms with Crippen LogP contribution in [0.4, 0.5) is 11.4 Å². The Labute approximate surface area is 156 Å². The van der Waals surface area contributed by atoms with Crippen LogP contribution in [0.1, 0.15) is 17.5 Å². The fourth-order valence-corrected chi connectivity index (χ4v) is 3.05. The van der Waals surface area contributed by atoms with Crippen molar-refractivity contribution in [2.24, 2.45) is 0 Å². The molecule has 0 saturated carbocycles. The fraction of sp³-hybridized carbons (Fsp3) is 0.150. The van der Waals surface area contributed by atoms with E-state index in [1.54, 1.807) is 42.5 Å². The van der Waals surface area contributed by atoms with Crippen LogP contribution in [0.5, 0.6) is 0 Å². The quantitative estimate of drug-likeness (QED) is 0.704. The van der Waals surface area contributed by atoms with E-state index in [4.69, 9.17) is 5.26 Å². The van der Waals surface area contributed by atoms with Crippen molar-refractivity contribution in [3.05, 3.63) is 64.5 Å². The minimum Gasteiger partial charge on any atom is -0.374 e. The van der Waals surface area contributed by atoms with E-state index in [0.717, 1.165) is 22.0 Å². The van der Waals surface area contributed by atoms with Crippen molar-refractivity contribution in [3.63, 3.8) is 0 Å². The van der Waals surface area contributed by atoms with Crippen molar-refractivity contribution in [2.75, 3.05) is 10.6 Å². The van der Waals surface area contributed by atoms with E-state index >= 15 is 0 Å². The number of carbonyl (C=O) groups is 1. The predicted octanol–water partition coefficient (Wildman–Crippen LogP) is 4.43. The highest BCUT2D eigenvalue weighted by Gasteiger charge is 2.13. The molecule has 1 atom stereocenters. The normalized spacial score (nSPS) is 11.4. The topological polar surface area (TPSA) is 77.8 Å². The van der Waals surface area contributed by atoms with E-state index in [1.165, 1.54) is 0 Å². The average Bonchev–Trinajstić information content (AvgIpc) is 3.09. The van der Waals surface area contributed by atoms with Gasteiger partial charge in [-0.05, 0) is 50.2 Å². The smallest absolute Gasteiger partial charge is 0.246 e. The highest BCUT2D eigenvalue weighted by molar-refractivity contribution is 7.09. The van der Waals surface area contributed by atoms with Crippen molar-refractivity contribution in [3.8, 4) is 17.3 Å². The second-order valence-corrected chi connectivity index (χ2v) is 6.94. The summed E-state index contributed by atoms with van der Waals surface area (Å²) >= 11 is 1.62. The van der Waals surface area contributed by atoms with Gasteiger partial charge in [-0.25, -0.2) is 4.98 Å². The summed E-state index contributed by atoms with van der Waals surface area (Å²) in [4.78, 5) is 16.8. The van der Waals surface area contributed by atoms with Crippen LogP contribution in [0.25, 0.3) is 11.3 Å². The second kappa shape index (κ2) is 7.81. The molecule has 6 heteroatoms. The van der Waals surface area contributed by atoms with E-state index in [9.17, 15) is 4.79 Å². The maximum Gasteiger partial charge on any atom is 0.246 e. The molecule has 3 aromatic rings. The van der Waals surface area contributed by atoms with E-state index < -0.39 is 6.04 Å². The minimum atomic E-state index is -0.405. The molecule has 0 aliphatic carbocycles. The highest BCUT2D eigenvalue weighted by Crippen LogP contribution is 2.23. The highest BCUT2D eigenvalue weighted by atomic mass is 32.1. The molecule has 1 amide bonds. The Balaban J connectivity index is 1.60. The van der Waals surface area contributed by atoms with Gasteiger partial charge in [-0.1, -0.05) is 12.1 Å². The number of nitrogens with zero attached hydrogens (tertiary/aromatic N) is 2. The molecule has 0 radical (unpaired) electrons. The fourth-order valence-electron chi connectivity index (χ4n) is 2.43. The summed E-state index contributed by atoms with van der Waals surface area (Å²) in [6.07, 6.45) is 0. The van der Waals surface area contributed by atoms with Gasteiger partial charge < -0.3 is 10.6 Å². The maximum absolute atomic E-state index is 12.3. The average molecular weight is 362 g/mol. The van der Waals surface area contributed by atoms with E-state index in [2.05, 4.69) is 21.7 Å². The molecule has 1 aromatic heterocycles. The predicted molar refractivity (Wildman–Crippen MR) is 105 cm³/mol. The first kappa shape index (κ1) is 17.6. The van der Waals surface area contributed by atoms with Gasteiger partial charge in [-0.15, -0.1) is 11.3 Å². The third-order valence-electron chi connectivity index (χ3n) is 3.86. The molecule has 2 N–H and O–H groups in total. The zero-order valence-corrected chi connectivity index (χ0v) is 15.3. The molecule has 0 fully saturated rings. The van der Waals surface area contributed by atoms with Crippen LogP contribution in [0.15, 0.2) is 53.9 Å². The number of carbonyl (C=O) groups excluding carboxylic acids is 1. The third-order valence-corrected chi connectivity index (χ3v) is 4.63. The summed E-state index contributed by atoms with van der Waals surface area (Å²) in [5.41, 5.74) is 4.10. The van der Waals surface area contributed by atoms with Gasteiger partial charge in [-0.3, -0.25) is 4.79 Å². The lowest BCUT2D eigenvalue weighted by atomic mass is 10.1. The van der Waals surface area contributed by atoms with Crippen LogP contribution in [0, 0.1) is 18.3 Å². The lowest BCUT2D eigenvalue weighted by molar-refractivity contribution is -0.116. The molecule has 0 aliphatic rings. The van der Waals surface area contributed by atoms with Crippen LogP contribution in [-0.2, 0) is 4.79 Å². The molecule has 3 rings (SSSR count). The monoisotopic (exact) mass is 362 g/mol. The van der Waals surface area contributed by atoms with Crippen molar-refractivity contribution in [1.29, 1.82) is 5.26 Å². The first-order valence-electron chi connectivity index (χ1n) is 8.15. The Kier molecular flexibility index (Phi) is 5.30. The largest absolute Gasteiger partial charge is 0.374 e. The third kappa shape index (κ3) is 4.26. The van der Waals surface area contributed by atoms with E-state index in [0.29, 0.717) is 11.3 Å². The summed E-state index contributed by atoms with van der Waals surface area (Å²) in [7, 11) is 0. The van der Waals surface area contributed by atoms with Gasteiger partial charge in [-0.2, -0.15) is 5.26 Å². The number of benzene rings is 2. The van der Waals surface area contributed by atoms with Crippen molar-refractivity contribution >= 4 is 28.6 Å².